The maximum atomic E-state index is 10.8. The zero-order valence-corrected chi connectivity index (χ0v) is 21.9. The molecule has 1 atom stereocenters. The van der Waals surface area contributed by atoms with E-state index < -0.39 is 7.82 Å². The second-order valence-electron chi connectivity index (χ2n) is 9.57. The highest BCUT2D eigenvalue weighted by atomic mass is 31.2. The Balaban J connectivity index is 3.20. The number of rotatable bonds is 25. The fourth-order valence-electron chi connectivity index (χ4n) is 4.30. The van der Waals surface area contributed by atoms with Crippen LogP contribution >= 0.6 is 7.82 Å². The Labute approximate surface area is 194 Å². The van der Waals surface area contributed by atoms with E-state index in [1.807, 2.05) is 0 Å². The van der Waals surface area contributed by atoms with Crippen LogP contribution in [0.1, 0.15) is 155 Å². The highest BCUT2D eigenvalue weighted by Crippen LogP contribution is 2.37. The van der Waals surface area contributed by atoms with E-state index in [2.05, 4.69) is 18.4 Å². The van der Waals surface area contributed by atoms with Crippen LogP contribution in [0.5, 0.6) is 0 Å². The molecule has 0 spiro atoms. The molecule has 2 N–H and O–H groups in total. The summed E-state index contributed by atoms with van der Waals surface area (Å²) in [4.78, 5) is 17.6. The van der Waals surface area contributed by atoms with Gasteiger partial charge in [-0.2, -0.15) is 0 Å². The Morgan fingerprint density at radius 2 is 0.903 bits per heavy atom. The van der Waals surface area contributed by atoms with Gasteiger partial charge in [0.15, 0.2) is 0 Å². The number of unbranched alkanes of at least 4 members (excludes halogenated alkanes) is 19. The van der Waals surface area contributed by atoms with Gasteiger partial charge in [0.1, 0.15) is 0 Å². The summed E-state index contributed by atoms with van der Waals surface area (Å²) in [6, 6.07) is 0. The molecular formula is C26H55O4P. The van der Waals surface area contributed by atoms with E-state index in [0.29, 0.717) is 0 Å². The second-order valence-corrected chi connectivity index (χ2v) is 10.8. The molecule has 4 nitrogen and oxygen atoms in total. The number of phosphoric ester groups is 1. The van der Waals surface area contributed by atoms with Crippen molar-refractivity contribution in [2.24, 2.45) is 5.92 Å². The molecule has 0 saturated heterocycles. The van der Waals surface area contributed by atoms with Crippen molar-refractivity contribution in [3.8, 4) is 0 Å². The van der Waals surface area contributed by atoms with Gasteiger partial charge in [0.25, 0.3) is 0 Å². The second kappa shape index (κ2) is 23.3. The Kier molecular flexibility index (Phi) is 23.4. The summed E-state index contributed by atoms with van der Waals surface area (Å²) in [6.45, 7) is 4.52. The lowest BCUT2D eigenvalue weighted by molar-refractivity contribution is 0.161. The topological polar surface area (TPSA) is 66.8 Å². The molecule has 0 aliphatic rings. The van der Waals surface area contributed by atoms with Crippen molar-refractivity contribution in [2.45, 2.75) is 155 Å². The predicted octanol–water partition coefficient (Wildman–Crippen LogP) is 9.33. The van der Waals surface area contributed by atoms with E-state index in [9.17, 15) is 4.57 Å². The minimum absolute atomic E-state index is 0.180. The zero-order chi connectivity index (χ0) is 23.0. The Hall–Kier alpha value is 0.110. The van der Waals surface area contributed by atoms with Crippen molar-refractivity contribution in [2.75, 3.05) is 6.61 Å². The number of phosphoric acid groups is 1. The fourth-order valence-corrected chi connectivity index (χ4v) is 4.70. The highest BCUT2D eigenvalue weighted by Gasteiger charge is 2.17. The third kappa shape index (κ3) is 26.2. The van der Waals surface area contributed by atoms with Gasteiger partial charge < -0.3 is 9.79 Å². The standard InChI is InChI=1S/C26H55O4P/c1-3-5-6-7-8-9-10-11-12-13-14-15-16-17-18-19-20-21-22-23-24-26(4-2)25-30-31(27,28)29/h26H,3-25H2,1-2H3,(H2,27,28,29). The van der Waals surface area contributed by atoms with Gasteiger partial charge in [-0.05, 0) is 12.3 Å². The van der Waals surface area contributed by atoms with E-state index in [1.165, 1.54) is 122 Å². The first-order valence-corrected chi connectivity index (χ1v) is 15.2. The summed E-state index contributed by atoms with van der Waals surface area (Å²) in [5.41, 5.74) is 0. The SMILES string of the molecule is CCCCCCCCCCCCCCCCCCCCCCC(CC)COP(=O)(O)O. The Morgan fingerprint density at radius 1 is 0.581 bits per heavy atom. The van der Waals surface area contributed by atoms with Crippen LogP contribution in [-0.4, -0.2) is 16.4 Å². The maximum Gasteiger partial charge on any atom is 0.469 e. The van der Waals surface area contributed by atoms with Crippen LogP contribution < -0.4 is 0 Å². The van der Waals surface area contributed by atoms with Crippen LogP contribution in [0.3, 0.4) is 0 Å². The van der Waals surface area contributed by atoms with Gasteiger partial charge in [0.2, 0.25) is 0 Å². The first-order chi connectivity index (χ1) is 15.0. The van der Waals surface area contributed by atoms with Crippen LogP contribution in [0.25, 0.3) is 0 Å². The summed E-state index contributed by atoms with van der Waals surface area (Å²) in [7, 11) is -4.31. The van der Waals surface area contributed by atoms with E-state index in [0.717, 1.165) is 19.3 Å². The minimum atomic E-state index is -4.31. The average molecular weight is 463 g/mol. The van der Waals surface area contributed by atoms with E-state index in [-0.39, 0.29) is 12.5 Å². The Morgan fingerprint density at radius 3 is 1.19 bits per heavy atom. The maximum absolute atomic E-state index is 10.8. The van der Waals surface area contributed by atoms with Gasteiger partial charge in [0.05, 0.1) is 6.61 Å². The quantitative estimate of drug-likeness (QED) is 0.105. The largest absolute Gasteiger partial charge is 0.469 e. The lowest BCUT2D eigenvalue weighted by atomic mass is 9.98. The first-order valence-electron chi connectivity index (χ1n) is 13.7. The van der Waals surface area contributed by atoms with Crippen molar-refractivity contribution in [3.05, 3.63) is 0 Å². The summed E-state index contributed by atoms with van der Waals surface area (Å²) in [5, 5.41) is 0. The lowest BCUT2D eigenvalue weighted by Gasteiger charge is -2.15. The smallest absolute Gasteiger partial charge is 0.303 e. The third-order valence-corrected chi connectivity index (χ3v) is 7.01. The molecule has 0 saturated carbocycles. The molecule has 0 bridgehead atoms. The van der Waals surface area contributed by atoms with Crippen LogP contribution in [0.2, 0.25) is 0 Å². The lowest BCUT2D eigenvalue weighted by Crippen LogP contribution is -2.07. The van der Waals surface area contributed by atoms with Gasteiger partial charge in [0, 0.05) is 0 Å². The molecule has 31 heavy (non-hydrogen) atoms. The molecule has 0 fully saturated rings. The highest BCUT2D eigenvalue weighted by molar-refractivity contribution is 7.46. The van der Waals surface area contributed by atoms with Gasteiger partial charge in [-0.3, -0.25) is 4.52 Å². The molecule has 5 heteroatoms. The molecule has 0 rings (SSSR count). The van der Waals surface area contributed by atoms with Crippen LogP contribution in [0.15, 0.2) is 0 Å². The summed E-state index contributed by atoms with van der Waals surface area (Å²) >= 11 is 0. The van der Waals surface area contributed by atoms with Crippen molar-refractivity contribution >= 4 is 7.82 Å². The zero-order valence-electron chi connectivity index (χ0n) is 21.0. The molecule has 0 amide bonds. The first kappa shape index (κ1) is 31.1. The number of hydrogen-bond donors (Lipinski definition) is 2. The molecule has 0 heterocycles. The van der Waals surface area contributed by atoms with Crippen LogP contribution in [0, 0.1) is 5.92 Å². The Bertz CT molecular complexity index is 397. The molecule has 0 aliphatic carbocycles. The van der Waals surface area contributed by atoms with Gasteiger partial charge >= 0.3 is 7.82 Å². The van der Waals surface area contributed by atoms with Crippen LogP contribution in [0.4, 0.5) is 0 Å². The molecule has 0 aromatic rings. The van der Waals surface area contributed by atoms with Crippen LogP contribution in [-0.2, 0) is 9.09 Å². The number of hydrogen-bond acceptors (Lipinski definition) is 2. The molecule has 1 unspecified atom stereocenters. The summed E-state index contributed by atoms with van der Waals surface area (Å²) in [6.07, 6.45) is 29.7. The van der Waals surface area contributed by atoms with Crippen molar-refractivity contribution in [3.63, 3.8) is 0 Å². The third-order valence-electron chi connectivity index (χ3n) is 6.52. The van der Waals surface area contributed by atoms with Gasteiger partial charge in [-0.15, -0.1) is 0 Å². The van der Waals surface area contributed by atoms with E-state index in [4.69, 9.17) is 9.79 Å². The minimum Gasteiger partial charge on any atom is -0.303 e. The van der Waals surface area contributed by atoms with Crippen molar-refractivity contribution in [1.29, 1.82) is 0 Å². The molecular weight excluding hydrogens is 407 g/mol. The normalized spacial score (nSPS) is 13.0. The summed E-state index contributed by atoms with van der Waals surface area (Å²) < 4.78 is 15.4. The van der Waals surface area contributed by atoms with Crippen molar-refractivity contribution in [1.82, 2.24) is 0 Å². The predicted molar refractivity (Wildman–Crippen MR) is 134 cm³/mol. The fraction of sp³-hybridized carbons (Fsp3) is 1.00. The molecule has 0 aliphatic heterocycles. The molecule has 0 radical (unpaired) electrons. The average Bonchev–Trinajstić information content (AvgIpc) is 2.73. The molecule has 188 valence electrons. The van der Waals surface area contributed by atoms with Gasteiger partial charge in [-0.1, -0.05) is 149 Å². The monoisotopic (exact) mass is 462 g/mol. The van der Waals surface area contributed by atoms with Crippen molar-refractivity contribution < 1.29 is 18.9 Å². The molecule has 0 aromatic carbocycles. The van der Waals surface area contributed by atoms with E-state index in [1.54, 1.807) is 0 Å². The molecule has 0 aromatic heterocycles. The van der Waals surface area contributed by atoms with E-state index >= 15 is 0 Å². The summed E-state index contributed by atoms with van der Waals surface area (Å²) in [5.74, 6) is 0.267. The van der Waals surface area contributed by atoms with Gasteiger partial charge in [-0.25, -0.2) is 4.57 Å².